The molecule has 0 radical (unpaired) electrons. The average molecular weight is 736 g/mol. The van der Waals surface area contributed by atoms with Crippen LogP contribution >= 0.6 is 7.82 Å². The van der Waals surface area contributed by atoms with Crippen molar-refractivity contribution in [3.8, 4) is 0 Å². The first-order chi connectivity index (χ1) is 24.2. The summed E-state index contributed by atoms with van der Waals surface area (Å²) in [5.74, 6) is -1.77. The zero-order valence-corrected chi connectivity index (χ0v) is 33.2. The Morgan fingerprint density at radius 2 is 0.920 bits per heavy atom. The van der Waals surface area contributed by atoms with Gasteiger partial charge in [-0.2, -0.15) is 0 Å². The molecule has 0 rings (SSSR count). The predicted octanol–water partition coefficient (Wildman–Crippen LogP) is 10.8. The molecule has 0 saturated heterocycles. The van der Waals surface area contributed by atoms with E-state index in [-0.39, 0.29) is 13.0 Å². The number of carboxylic acids is 1. The first-order valence-electron chi connectivity index (χ1n) is 20.6. The summed E-state index contributed by atoms with van der Waals surface area (Å²) in [5, 5.41) is 8.86. The van der Waals surface area contributed by atoms with Crippen molar-refractivity contribution in [3.05, 3.63) is 0 Å². The fourth-order valence-corrected chi connectivity index (χ4v) is 6.68. The molecule has 0 aliphatic carbocycles. The minimum atomic E-state index is -4.60. The molecule has 0 spiro atoms. The van der Waals surface area contributed by atoms with Crippen LogP contribution in [0.5, 0.6) is 0 Å². The van der Waals surface area contributed by atoms with Gasteiger partial charge in [0.25, 0.3) is 0 Å². The smallest absolute Gasteiger partial charge is 0.472 e. The van der Waals surface area contributed by atoms with Crippen LogP contribution < -0.4 is 5.73 Å². The molecule has 0 fully saturated rings. The van der Waals surface area contributed by atoms with Gasteiger partial charge in [-0.3, -0.25) is 18.6 Å². The molecule has 50 heavy (non-hydrogen) atoms. The SMILES string of the molecule is CCCCCCCCCCCCCCCCCCCCCOCC(COP(=O)(O)OCC(N)C(=O)O)OC(=O)CCCCCCCCCCC. The van der Waals surface area contributed by atoms with E-state index in [0.717, 1.165) is 38.5 Å². The molecule has 0 aliphatic rings. The van der Waals surface area contributed by atoms with Gasteiger partial charge in [-0.25, -0.2) is 4.57 Å². The molecule has 3 atom stereocenters. The molecule has 0 aromatic carbocycles. The monoisotopic (exact) mass is 736 g/mol. The van der Waals surface area contributed by atoms with Crippen LogP contribution in [-0.2, 0) is 32.7 Å². The number of phosphoric acid groups is 1. The van der Waals surface area contributed by atoms with Crippen molar-refractivity contribution < 1.29 is 42.7 Å². The molecular weight excluding hydrogens is 657 g/mol. The number of ether oxygens (including phenoxy) is 2. The third-order valence-electron chi connectivity index (χ3n) is 9.14. The largest absolute Gasteiger partial charge is 0.480 e. The molecule has 3 unspecified atom stereocenters. The highest BCUT2D eigenvalue weighted by atomic mass is 31.2. The molecule has 298 valence electrons. The van der Waals surface area contributed by atoms with Crippen LogP contribution in [0.25, 0.3) is 0 Å². The van der Waals surface area contributed by atoms with Crippen LogP contribution in [0.4, 0.5) is 0 Å². The van der Waals surface area contributed by atoms with E-state index in [0.29, 0.717) is 6.61 Å². The van der Waals surface area contributed by atoms with Crippen molar-refractivity contribution in [2.75, 3.05) is 26.4 Å². The van der Waals surface area contributed by atoms with E-state index in [9.17, 15) is 19.0 Å². The third kappa shape index (κ3) is 35.4. The minimum absolute atomic E-state index is 0.0250. The van der Waals surface area contributed by atoms with Gasteiger partial charge in [-0.1, -0.05) is 181 Å². The molecule has 0 saturated carbocycles. The van der Waals surface area contributed by atoms with Crippen molar-refractivity contribution >= 4 is 19.8 Å². The Kier molecular flexibility index (Phi) is 35.6. The van der Waals surface area contributed by atoms with Crippen LogP contribution in [0, 0.1) is 0 Å². The molecule has 0 amide bonds. The number of carbonyl (C=O) groups excluding carboxylic acids is 1. The molecule has 0 heterocycles. The molecule has 0 aliphatic heterocycles. The van der Waals surface area contributed by atoms with Crippen LogP contribution in [-0.4, -0.2) is 60.5 Å². The molecule has 0 aromatic rings. The first kappa shape index (κ1) is 49.0. The second-order valence-corrected chi connectivity index (χ2v) is 15.6. The first-order valence-corrected chi connectivity index (χ1v) is 22.1. The Morgan fingerprint density at radius 3 is 1.32 bits per heavy atom. The maximum atomic E-state index is 12.5. The fraction of sp³-hybridized carbons (Fsp3) is 0.949. The van der Waals surface area contributed by atoms with Crippen LogP contribution in [0.15, 0.2) is 0 Å². The second kappa shape index (κ2) is 36.3. The zero-order valence-electron chi connectivity index (χ0n) is 32.3. The highest BCUT2D eigenvalue weighted by Gasteiger charge is 2.27. The Labute approximate surface area is 306 Å². The highest BCUT2D eigenvalue weighted by Crippen LogP contribution is 2.43. The topological polar surface area (TPSA) is 155 Å². The van der Waals surface area contributed by atoms with E-state index in [1.165, 1.54) is 141 Å². The molecular formula is C39H78NO9P. The molecule has 10 nitrogen and oxygen atoms in total. The summed E-state index contributed by atoms with van der Waals surface area (Å²) < 4.78 is 33.2. The summed E-state index contributed by atoms with van der Waals surface area (Å²) in [6, 6.07) is -1.47. The summed E-state index contributed by atoms with van der Waals surface area (Å²) in [6.07, 6.45) is 34.5. The quantitative estimate of drug-likeness (QED) is 0.0314. The lowest BCUT2D eigenvalue weighted by molar-refractivity contribution is -0.154. The number of hydrogen-bond acceptors (Lipinski definition) is 8. The number of phosphoric ester groups is 1. The lowest BCUT2D eigenvalue weighted by Gasteiger charge is -2.20. The van der Waals surface area contributed by atoms with Crippen molar-refractivity contribution in [2.45, 2.75) is 212 Å². The van der Waals surface area contributed by atoms with Gasteiger partial charge in [0.05, 0.1) is 19.8 Å². The van der Waals surface area contributed by atoms with Gasteiger partial charge < -0.3 is 25.2 Å². The van der Waals surface area contributed by atoms with Gasteiger partial charge in [0.2, 0.25) is 0 Å². The lowest BCUT2D eigenvalue weighted by atomic mass is 10.0. The third-order valence-corrected chi connectivity index (χ3v) is 10.1. The Hall–Kier alpha value is -1.03. The number of aliphatic carboxylic acids is 1. The summed E-state index contributed by atoms with van der Waals surface area (Å²) in [6.45, 7) is 3.89. The lowest BCUT2D eigenvalue weighted by Crippen LogP contribution is -2.34. The molecule has 0 aromatic heterocycles. The minimum Gasteiger partial charge on any atom is -0.480 e. The number of carbonyl (C=O) groups is 2. The van der Waals surface area contributed by atoms with Crippen LogP contribution in [0.1, 0.15) is 200 Å². The number of rotatable bonds is 40. The second-order valence-electron chi connectivity index (χ2n) is 14.1. The Bertz CT molecular complexity index is 816. The Balaban J connectivity index is 4.11. The number of hydrogen-bond donors (Lipinski definition) is 3. The average Bonchev–Trinajstić information content (AvgIpc) is 3.09. The van der Waals surface area contributed by atoms with E-state index in [1.807, 2.05) is 0 Å². The van der Waals surface area contributed by atoms with Crippen molar-refractivity contribution in [1.29, 1.82) is 0 Å². The van der Waals surface area contributed by atoms with E-state index in [2.05, 4.69) is 13.8 Å². The summed E-state index contributed by atoms with van der Waals surface area (Å²) in [4.78, 5) is 33.3. The normalized spacial score (nSPS) is 14.0. The van der Waals surface area contributed by atoms with E-state index >= 15 is 0 Å². The van der Waals surface area contributed by atoms with Crippen molar-refractivity contribution in [1.82, 2.24) is 0 Å². The maximum absolute atomic E-state index is 12.5. The number of carboxylic acid groups (broad SMARTS) is 1. The van der Waals surface area contributed by atoms with Crippen molar-refractivity contribution in [3.63, 3.8) is 0 Å². The maximum Gasteiger partial charge on any atom is 0.472 e. The van der Waals surface area contributed by atoms with Gasteiger partial charge in [0.1, 0.15) is 12.1 Å². The number of esters is 1. The summed E-state index contributed by atoms with van der Waals surface area (Å²) in [7, 11) is -4.60. The van der Waals surface area contributed by atoms with Gasteiger partial charge >= 0.3 is 19.8 Å². The molecule has 0 bridgehead atoms. The molecule has 11 heteroatoms. The number of nitrogens with two attached hydrogens (primary N) is 1. The summed E-state index contributed by atoms with van der Waals surface area (Å²) >= 11 is 0. The summed E-state index contributed by atoms with van der Waals surface area (Å²) in [5.41, 5.74) is 5.34. The zero-order chi connectivity index (χ0) is 37.0. The highest BCUT2D eigenvalue weighted by molar-refractivity contribution is 7.47. The Morgan fingerprint density at radius 1 is 0.560 bits per heavy atom. The fourth-order valence-electron chi connectivity index (χ4n) is 5.90. The van der Waals surface area contributed by atoms with Crippen molar-refractivity contribution in [2.24, 2.45) is 5.73 Å². The van der Waals surface area contributed by atoms with Gasteiger partial charge in [-0.05, 0) is 12.8 Å². The molecule has 4 N–H and O–H groups in total. The van der Waals surface area contributed by atoms with E-state index in [4.69, 9.17) is 29.4 Å². The van der Waals surface area contributed by atoms with E-state index in [1.54, 1.807) is 0 Å². The predicted molar refractivity (Wildman–Crippen MR) is 203 cm³/mol. The van der Waals surface area contributed by atoms with E-state index < -0.39 is 45.1 Å². The number of unbranched alkanes of at least 4 members (excludes halogenated alkanes) is 26. The van der Waals surface area contributed by atoms with Crippen LogP contribution in [0.2, 0.25) is 0 Å². The standard InChI is InChI=1S/C39H78NO9P/c1-3-5-7-9-11-13-14-15-16-17-18-19-20-21-22-24-26-28-30-32-46-33-36(34-47-50(44,45)48-35-37(40)39(42)43)49-38(41)31-29-27-25-23-12-10-8-6-4-2/h36-37H,3-35,40H2,1-2H3,(H,42,43)(H,44,45). The van der Waals surface area contributed by atoms with Gasteiger partial charge in [-0.15, -0.1) is 0 Å². The van der Waals surface area contributed by atoms with Crippen LogP contribution in [0.3, 0.4) is 0 Å². The van der Waals surface area contributed by atoms with Gasteiger partial charge in [0.15, 0.2) is 0 Å². The van der Waals surface area contributed by atoms with Gasteiger partial charge in [0, 0.05) is 13.0 Å².